The molecule has 1 amide bonds. The number of nitrogens with zero attached hydrogens (tertiary/aromatic N) is 4. The van der Waals surface area contributed by atoms with Gasteiger partial charge in [0, 0.05) is 7.05 Å². The molecule has 0 saturated heterocycles. The Morgan fingerprint density at radius 2 is 1.86 bits per heavy atom. The van der Waals surface area contributed by atoms with E-state index in [9.17, 15) is 4.79 Å². The number of benzene rings is 2. The van der Waals surface area contributed by atoms with E-state index in [1.54, 1.807) is 34.2 Å². The summed E-state index contributed by atoms with van der Waals surface area (Å²) in [7, 11) is 1.80. The molecular weight excluding hydrogens is 368 g/mol. The minimum atomic E-state index is -0.0882. The summed E-state index contributed by atoms with van der Waals surface area (Å²) in [5.41, 5.74) is 5.79. The van der Waals surface area contributed by atoms with Crippen molar-refractivity contribution in [1.29, 1.82) is 0 Å². The van der Waals surface area contributed by atoms with Gasteiger partial charge in [-0.15, -0.1) is 0 Å². The minimum Gasteiger partial charge on any atom is -0.278 e. The van der Waals surface area contributed by atoms with Crippen molar-refractivity contribution in [1.82, 2.24) is 14.8 Å². The van der Waals surface area contributed by atoms with Crippen LogP contribution in [0.2, 0.25) is 0 Å². The summed E-state index contributed by atoms with van der Waals surface area (Å²) in [6, 6.07) is 14.2. The number of hydrogen-bond acceptors (Lipinski definition) is 4. The normalized spacial score (nSPS) is 11.1. The van der Waals surface area contributed by atoms with E-state index in [1.807, 2.05) is 37.3 Å². The maximum absolute atomic E-state index is 13.5. The van der Waals surface area contributed by atoms with Crippen molar-refractivity contribution in [3.63, 3.8) is 0 Å². The summed E-state index contributed by atoms with van der Waals surface area (Å²) >= 11 is 1.56. The summed E-state index contributed by atoms with van der Waals surface area (Å²) < 4.78 is 2.76. The molecule has 5 nitrogen and oxygen atoms in total. The zero-order valence-corrected chi connectivity index (χ0v) is 17.2. The van der Waals surface area contributed by atoms with Crippen LogP contribution in [0.4, 0.5) is 5.13 Å². The number of carbonyl (C=O) groups is 1. The van der Waals surface area contributed by atoms with Crippen LogP contribution >= 0.6 is 11.3 Å². The van der Waals surface area contributed by atoms with E-state index in [0.29, 0.717) is 17.4 Å². The van der Waals surface area contributed by atoms with E-state index < -0.39 is 0 Å². The van der Waals surface area contributed by atoms with E-state index in [0.717, 1.165) is 21.3 Å². The highest BCUT2D eigenvalue weighted by molar-refractivity contribution is 7.22. The highest BCUT2D eigenvalue weighted by Gasteiger charge is 2.26. The third-order valence-corrected chi connectivity index (χ3v) is 6.02. The lowest BCUT2D eigenvalue weighted by Crippen LogP contribution is -2.32. The minimum absolute atomic E-state index is 0.0882. The van der Waals surface area contributed by atoms with Crippen molar-refractivity contribution in [3.05, 3.63) is 76.6 Å². The molecule has 28 heavy (non-hydrogen) atoms. The van der Waals surface area contributed by atoms with Crippen LogP contribution in [0.5, 0.6) is 0 Å². The fourth-order valence-electron chi connectivity index (χ4n) is 3.45. The predicted molar refractivity (Wildman–Crippen MR) is 114 cm³/mol. The number of fused-ring (bicyclic) bond motifs is 1. The molecule has 6 heteroatoms. The molecule has 0 saturated carbocycles. The molecule has 2 aromatic heterocycles. The number of rotatable bonds is 4. The Hall–Kier alpha value is -2.99. The maximum atomic E-state index is 13.5. The topological polar surface area (TPSA) is 51.0 Å². The van der Waals surface area contributed by atoms with Gasteiger partial charge in [-0.3, -0.25) is 14.4 Å². The van der Waals surface area contributed by atoms with Crippen LogP contribution in [-0.2, 0) is 13.6 Å². The van der Waals surface area contributed by atoms with Crippen molar-refractivity contribution in [3.8, 4) is 0 Å². The molecule has 0 unspecified atom stereocenters. The van der Waals surface area contributed by atoms with Gasteiger partial charge in [-0.1, -0.05) is 47.7 Å². The number of aromatic nitrogens is 3. The number of thiazole rings is 1. The molecule has 0 aliphatic carbocycles. The van der Waals surface area contributed by atoms with E-state index in [2.05, 4.69) is 31.1 Å². The molecule has 0 fully saturated rings. The van der Waals surface area contributed by atoms with Crippen molar-refractivity contribution < 1.29 is 4.79 Å². The fraction of sp³-hybridized carbons (Fsp3) is 0.227. The molecule has 4 rings (SSSR count). The molecule has 2 heterocycles. The standard InChI is InChI=1S/C22H22N4OS/c1-14-10-15(2)20-18(11-14)24-22(28-20)26(13-17-8-6-5-7-9-17)21(27)19-16(3)12-23-25(19)4/h5-12H,13H2,1-4H3. The molecule has 142 valence electrons. The lowest BCUT2D eigenvalue weighted by atomic mass is 10.1. The van der Waals surface area contributed by atoms with Crippen LogP contribution < -0.4 is 4.90 Å². The summed E-state index contributed by atoms with van der Waals surface area (Å²) in [6.45, 7) is 6.53. The van der Waals surface area contributed by atoms with Gasteiger partial charge in [0.25, 0.3) is 5.91 Å². The van der Waals surface area contributed by atoms with Crippen molar-refractivity contribution in [2.45, 2.75) is 27.3 Å². The summed E-state index contributed by atoms with van der Waals surface area (Å²) in [5.74, 6) is -0.0882. The molecule has 0 aliphatic heterocycles. The molecule has 0 N–H and O–H groups in total. The lowest BCUT2D eigenvalue weighted by Gasteiger charge is -2.20. The Balaban J connectivity index is 1.83. The Kier molecular flexibility index (Phi) is 4.73. The van der Waals surface area contributed by atoms with Crippen molar-refractivity contribution in [2.75, 3.05) is 4.90 Å². The first kappa shape index (κ1) is 18.4. The van der Waals surface area contributed by atoms with Gasteiger partial charge >= 0.3 is 0 Å². The highest BCUT2D eigenvalue weighted by Crippen LogP contribution is 2.33. The van der Waals surface area contributed by atoms with E-state index in [4.69, 9.17) is 4.98 Å². The Morgan fingerprint density at radius 1 is 1.11 bits per heavy atom. The molecular formula is C22H22N4OS. The van der Waals surface area contributed by atoms with Crippen molar-refractivity contribution in [2.24, 2.45) is 7.05 Å². The number of carbonyl (C=O) groups excluding carboxylic acids is 1. The molecule has 0 bridgehead atoms. The van der Waals surface area contributed by atoms with Crippen LogP contribution in [0.3, 0.4) is 0 Å². The van der Waals surface area contributed by atoms with Gasteiger partial charge in [0.1, 0.15) is 5.69 Å². The zero-order chi connectivity index (χ0) is 19.8. The molecule has 0 atom stereocenters. The predicted octanol–water partition coefficient (Wildman–Crippen LogP) is 4.80. The third kappa shape index (κ3) is 3.31. The molecule has 0 spiro atoms. The number of anilines is 1. The van der Waals surface area contributed by atoms with Crippen LogP contribution in [0, 0.1) is 20.8 Å². The molecule has 0 aliphatic rings. The molecule has 2 aromatic carbocycles. The second kappa shape index (κ2) is 7.20. The summed E-state index contributed by atoms with van der Waals surface area (Å²) in [4.78, 5) is 20.1. The average molecular weight is 391 g/mol. The summed E-state index contributed by atoms with van der Waals surface area (Å²) in [6.07, 6.45) is 1.72. The molecule has 4 aromatic rings. The van der Waals surface area contributed by atoms with E-state index in [-0.39, 0.29) is 5.91 Å². The monoisotopic (exact) mass is 390 g/mol. The number of hydrogen-bond donors (Lipinski definition) is 0. The Labute approximate surface area is 168 Å². The number of aryl methyl sites for hydroxylation is 4. The van der Waals surface area contributed by atoms with E-state index in [1.165, 1.54) is 11.1 Å². The fourth-order valence-corrected chi connectivity index (χ4v) is 4.47. The zero-order valence-electron chi connectivity index (χ0n) is 16.4. The Bertz CT molecular complexity index is 1140. The van der Waals surface area contributed by atoms with Gasteiger partial charge in [-0.2, -0.15) is 5.10 Å². The first-order valence-corrected chi connectivity index (χ1v) is 9.98. The van der Waals surface area contributed by atoms with Crippen LogP contribution in [0.1, 0.15) is 32.7 Å². The Morgan fingerprint density at radius 3 is 2.54 bits per heavy atom. The average Bonchev–Trinajstić information content (AvgIpc) is 3.23. The van der Waals surface area contributed by atoms with Crippen LogP contribution in [-0.4, -0.2) is 20.7 Å². The lowest BCUT2D eigenvalue weighted by molar-refractivity contribution is 0.0975. The number of amides is 1. The summed E-state index contributed by atoms with van der Waals surface area (Å²) in [5, 5.41) is 4.95. The quantitative estimate of drug-likeness (QED) is 0.503. The SMILES string of the molecule is Cc1cc(C)c2sc(N(Cc3ccccc3)C(=O)c3c(C)cnn3C)nc2c1. The maximum Gasteiger partial charge on any atom is 0.278 e. The second-order valence-corrected chi connectivity index (χ2v) is 8.08. The largest absolute Gasteiger partial charge is 0.278 e. The second-order valence-electron chi connectivity index (χ2n) is 7.10. The smallest absolute Gasteiger partial charge is 0.278 e. The van der Waals surface area contributed by atoms with Gasteiger partial charge in [-0.25, -0.2) is 4.98 Å². The van der Waals surface area contributed by atoms with Crippen molar-refractivity contribution >= 4 is 32.6 Å². The van der Waals surface area contributed by atoms with Crippen LogP contribution in [0.15, 0.2) is 48.7 Å². The third-order valence-electron chi connectivity index (χ3n) is 4.79. The van der Waals surface area contributed by atoms with Gasteiger partial charge in [0.05, 0.1) is 23.0 Å². The first-order chi connectivity index (χ1) is 13.4. The van der Waals surface area contributed by atoms with Gasteiger partial charge in [0.15, 0.2) is 5.13 Å². The van der Waals surface area contributed by atoms with E-state index >= 15 is 0 Å². The van der Waals surface area contributed by atoms with Crippen LogP contribution in [0.25, 0.3) is 10.2 Å². The first-order valence-electron chi connectivity index (χ1n) is 9.16. The highest BCUT2D eigenvalue weighted by atomic mass is 32.1. The molecule has 0 radical (unpaired) electrons. The van der Waals surface area contributed by atoms with Gasteiger partial charge in [-0.05, 0) is 49.1 Å². The van der Waals surface area contributed by atoms with Gasteiger partial charge in [0.2, 0.25) is 0 Å². The van der Waals surface area contributed by atoms with Gasteiger partial charge < -0.3 is 0 Å².